The summed E-state index contributed by atoms with van der Waals surface area (Å²) in [7, 11) is -1.66. The van der Waals surface area contributed by atoms with E-state index in [4.69, 9.17) is 15.2 Å². The van der Waals surface area contributed by atoms with Crippen molar-refractivity contribution in [2.24, 2.45) is 5.73 Å². The van der Waals surface area contributed by atoms with Gasteiger partial charge in [-0.25, -0.2) is 18.4 Å². The van der Waals surface area contributed by atoms with Gasteiger partial charge in [-0.3, -0.25) is 8.60 Å². The topological polar surface area (TPSA) is 120 Å². The van der Waals surface area contributed by atoms with Crippen LogP contribution >= 0.6 is 0 Å². The molecule has 12 heteroatoms. The molecule has 244 valence electrons. The molecule has 3 aromatic carbocycles. The van der Waals surface area contributed by atoms with Crippen LogP contribution in [0.15, 0.2) is 72.8 Å². The van der Waals surface area contributed by atoms with Crippen molar-refractivity contribution in [1.29, 1.82) is 0 Å². The first-order valence-corrected chi connectivity index (χ1v) is 16.2. The summed E-state index contributed by atoms with van der Waals surface area (Å²) in [5.74, 6) is -2.83. The molecule has 0 saturated carbocycles. The Bertz CT molecular complexity index is 1380. The number of esters is 1. The SMILES string of the molecule is CCc1cccc(CNC[C@@H](OC(=O)[C@@H](CS(=O)CCCF)NC(=O)OCc2ccccc2)[C@@H](N)Cc2cc(F)cc(F)c2)c1. The maximum atomic E-state index is 13.9. The van der Waals surface area contributed by atoms with Crippen LogP contribution in [0.5, 0.6) is 0 Å². The molecule has 0 aliphatic carbocycles. The Balaban J connectivity index is 1.74. The minimum atomic E-state index is -1.66. The molecule has 1 unspecified atom stereocenters. The quantitative estimate of drug-likeness (QED) is 0.174. The molecule has 3 aromatic rings. The van der Waals surface area contributed by atoms with Gasteiger partial charge in [-0.05, 0) is 53.6 Å². The van der Waals surface area contributed by atoms with Crippen LogP contribution in [0.2, 0.25) is 0 Å². The molecule has 0 aliphatic rings. The zero-order valence-electron chi connectivity index (χ0n) is 25.2. The number of benzene rings is 3. The van der Waals surface area contributed by atoms with Gasteiger partial charge < -0.3 is 25.8 Å². The number of nitrogens with one attached hydrogen (secondary N) is 2. The van der Waals surface area contributed by atoms with Crippen LogP contribution in [-0.4, -0.2) is 59.2 Å². The summed E-state index contributed by atoms with van der Waals surface area (Å²) in [5.41, 5.74) is 9.55. The molecular formula is C33H40F3N3O5S. The Labute approximate surface area is 264 Å². The fourth-order valence-electron chi connectivity index (χ4n) is 4.52. The number of alkyl halides is 1. The van der Waals surface area contributed by atoms with Crippen molar-refractivity contribution in [2.45, 2.75) is 57.5 Å². The third kappa shape index (κ3) is 13.0. The van der Waals surface area contributed by atoms with Crippen molar-refractivity contribution in [3.63, 3.8) is 0 Å². The Morgan fingerprint density at radius 1 is 0.933 bits per heavy atom. The number of carbonyl (C=O) groups excluding carboxylic acids is 2. The van der Waals surface area contributed by atoms with Gasteiger partial charge in [0.05, 0.1) is 12.4 Å². The molecule has 8 nitrogen and oxygen atoms in total. The number of hydrogen-bond acceptors (Lipinski definition) is 7. The van der Waals surface area contributed by atoms with E-state index in [1.807, 2.05) is 37.3 Å². The lowest BCUT2D eigenvalue weighted by Gasteiger charge is -2.27. The fourth-order valence-corrected chi connectivity index (χ4v) is 5.71. The van der Waals surface area contributed by atoms with Crippen molar-refractivity contribution in [2.75, 3.05) is 24.7 Å². The molecule has 0 aromatic heterocycles. The third-order valence-electron chi connectivity index (χ3n) is 6.86. The third-order valence-corrected chi connectivity index (χ3v) is 8.31. The van der Waals surface area contributed by atoms with Gasteiger partial charge in [0.15, 0.2) is 0 Å². The molecule has 4 atom stereocenters. The van der Waals surface area contributed by atoms with Crippen molar-refractivity contribution in [3.05, 3.63) is 107 Å². The highest BCUT2D eigenvalue weighted by Crippen LogP contribution is 2.14. The summed E-state index contributed by atoms with van der Waals surface area (Å²) in [4.78, 5) is 26.1. The normalized spacial score (nSPS) is 13.8. The van der Waals surface area contributed by atoms with Gasteiger partial charge in [-0.2, -0.15) is 0 Å². The van der Waals surface area contributed by atoms with Crippen LogP contribution in [0.4, 0.5) is 18.0 Å². The van der Waals surface area contributed by atoms with Crippen molar-refractivity contribution in [3.8, 4) is 0 Å². The molecule has 0 spiro atoms. The van der Waals surface area contributed by atoms with Gasteiger partial charge in [0, 0.05) is 41.8 Å². The number of aryl methyl sites for hydroxylation is 1. The molecule has 1 amide bonds. The zero-order chi connectivity index (χ0) is 32.6. The van der Waals surface area contributed by atoms with E-state index in [-0.39, 0.29) is 43.1 Å². The lowest BCUT2D eigenvalue weighted by molar-refractivity contribution is -0.151. The molecule has 4 N–H and O–H groups in total. The highest BCUT2D eigenvalue weighted by molar-refractivity contribution is 7.85. The van der Waals surface area contributed by atoms with E-state index in [0.29, 0.717) is 12.1 Å². The summed E-state index contributed by atoms with van der Waals surface area (Å²) in [6.07, 6.45) is -1.10. The van der Waals surface area contributed by atoms with Gasteiger partial charge in [0.1, 0.15) is 30.4 Å². The lowest BCUT2D eigenvalue weighted by atomic mass is 10.0. The van der Waals surface area contributed by atoms with Gasteiger partial charge in [-0.1, -0.05) is 61.5 Å². The van der Waals surface area contributed by atoms with Crippen molar-refractivity contribution >= 4 is 22.9 Å². The Morgan fingerprint density at radius 2 is 1.62 bits per heavy atom. The van der Waals surface area contributed by atoms with Crippen molar-refractivity contribution in [1.82, 2.24) is 10.6 Å². The van der Waals surface area contributed by atoms with E-state index in [1.165, 1.54) is 0 Å². The van der Waals surface area contributed by atoms with E-state index in [9.17, 15) is 27.0 Å². The maximum absolute atomic E-state index is 13.9. The highest BCUT2D eigenvalue weighted by Gasteiger charge is 2.30. The molecule has 0 saturated heterocycles. The predicted octanol–water partition coefficient (Wildman–Crippen LogP) is 4.50. The molecule has 3 rings (SSSR count). The maximum Gasteiger partial charge on any atom is 0.408 e. The number of hydrogen-bond donors (Lipinski definition) is 3. The average Bonchev–Trinajstić information content (AvgIpc) is 3.02. The number of amides is 1. The van der Waals surface area contributed by atoms with Crippen molar-refractivity contribution < 1.29 is 36.4 Å². The van der Waals surface area contributed by atoms with Crippen LogP contribution in [0.25, 0.3) is 0 Å². The second-order valence-corrected chi connectivity index (χ2v) is 12.2. The molecular weight excluding hydrogens is 607 g/mol. The second kappa shape index (κ2) is 18.9. The summed E-state index contributed by atoms with van der Waals surface area (Å²) in [6.45, 7) is 1.78. The molecule has 0 bridgehead atoms. The smallest absolute Gasteiger partial charge is 0.408 e. The first kappa shape index (κ1) is 35.7. The first-order chi connectivity index (χ1) is 21.7. The van der Waals surface area contributed by atoms with E-state index >= 15 is 0 Å². The molecule has 45 heavy (non-hydrogen) atoms. The fraction of sp³-hybridized carbons (Fsp3) is 0.394. The summed E-state index contributed by atoms with van der Waals surface area (Å²) >= 11 is 0. The lowest BCUT2D eigenvalue weighted by Crippen LogP contribution is -2.51. The van der Waals surface area contributed by atoms with Gasteiger partial charge in [0.2, 0.25) is 0 Å². The number of halogens is 3. The number of alkyl carbamates (subject to hydrolysis) is 1. The molecule has 0 aliphatic heterocycles. The first-order valence-electron chi connectivity index (χ1n) is 14.7. The van der Waals surface area contributed by atoms with Crippen LogP contribution in [0.1, 0.15) is 35.6 Å². The summed E-state index contributed by atoms with van der Waals surface area (Å²) in [5, 5.41) is 5.63. The highest BCUT2D eigenvalue weighted by atomic mass is 32.2. The minimum Gasteiger partial charge on any atom is -0.458 e. The van der Waals surface area contributed by atoms with E-state index in [1.54, 1.807) is 24.3 Å². The van der Waals surface area contributed by atoms with Gasteiger partial charge in [-0.15, -0.1) is 0 Å². The van der Waals surface area contributed by atoms with Crippen LogP contribution in [0, 0.1) is 11.6 Å². The largest absolute Gasteiger partial charge is 0.458 e. The Morgan fingerprint density at radius 3 is 2.31 bits per heavy atom. The van der Waals surface area contributed by atoms with E-state index in [0.717, 1.165) is 35.7 Å². The second-order valence-electron chi connectivity index (χ2n) is 10.5. The summed E-state index contributed by atoms with van der Waals surface area (Å²) in [6, 6.07) is 17.5. The van der Waals surface area contributed by atoms with Gasteiger partial charge >= 0.3 is 12.1 Å². The van der Waals surface area contributed by atoms with E-state index in [2.05, 4.69) is 10.6 Å². The number of ether oxygens (including phenoxy) is 2. The van der Waals surface area contributed by atoms with Gasteiger partial charge in [0.25, 0.3) is 0 Å². The van der Waals surface area contributed by atoms with Crippen LogP contribution < -0.4 is 16.4 Å². The predicted molar refractivity (Wildman–Crippen MR) is 167 cm³/mol. The van der Waals surface area contributed by atoms with Crippen LogP contribution in [0.3, 0.4) is 0 Å². The number of carbonyl (C=O) groups is 2. The Kier molecular flexibility index (Phi) is 15.0. The monoisotopic (exact) mass is 647 g/mol. The number of nitrogens with two attached hydrogens (primary N) is 1. The minimum absolute atomic E-state index is 0.0204. The van der Waals surface area contributed by atoms with E-state index < -0.39 is 59.4 Å². The number of rotatable bonds is 18. The zero-order valence-corrected chi connectivity index (χ0v) is 26.0. The summed E-state index contributed by atoms with van der Waals surface area (Å²) < 4.78 is 64.1. The standard InChI is InChI=1S/C33H40F3N3O5S/c1-2-23-10-6-11-25(14-23)19-38-20-31(29(37)17-26-15-27(35)18-28(36)16-26)44-32(40)30(22-45(42)13-7-12-34)39-33(41)43-21-24-8-4-3-5-9-24/h3-6,8-11,14-16,18,29-31,38H,2,7,12-13,17,19-22,37H2,1H3,(H,39,41)/t29-,30+,31+,45?/m0/s1. The average molecular weight is 648 g/mol. The Hall–Kier alpha value is -3.74. The molecule has 0 fully saturated rings. The molecule has 0 radical (unpaired) electrons. The molecule has 0 heterocycles. The van der Waals surface area contributed by atoms with Crippen LogP contribution in [-0.2, 0) is 51.1 Å².